The second kappa shape index (κ2) is 5.48. The molecule has 2 aliphatic rings. The predicted octanol–water partition coefficient (Wildman–Crippen LogP) is 2.06. The van der Waals surface area contributed by atoms with Gasteiger partial charge >= 0.3 is 0 Å². The van der Waals surface area contributed by atoms with Crippen LogP contribution in [-0.2, 0) is 0 Å². The van der Waals surface area contributed by atoms with Crippen LogP contribution in [0.3, 0.4) is 0 Å². The minimum absolute atomic E-state index is 0.237. The van der Waals surface area contributed by atoms with Crippen LogP contribution in [0.1, 0.15) is 44.9 Å². The fourth-order valence-corrected chi connectivity index (χ4v) is 2.70. The Kier molecular flexibility index (Phi) is 3.99. The summed E-state index contributed by atoms with van der Waals surface area (Å²) in [6.07, 6.45) is 8.75. The van der Waals surface area contributed by atoms with Crippen LogP contribution in [0.2, 0.25) is 0 Å². The molecule has 1 saturated heterocycles. The SMILES string of the molecule is N#CC1CCCCC1NN1CCCCC1. The van der Waals surface area contributed by atoms with Gasteiger partial charge < -0.3 is 0 Å². The fourth-order valence-electron chi connectivity index (χ4n) is 2.70. The monoisotopic (exact) mass is 207 g/mol. The van der Waals surface area contributed by atoms with Crippen molar-refractivity contribution in [2.75, 3.05) is 13.1 Å². The maximum Gasteiger partial charge on any atom is 0.0672 e. The standard InChI is InChI=1S/C12H21N3/c13-10-11-6-2-3-7-12(11)14-15-8-4-1-5-9-15/h11-12,14H,1-9H2. The normalized spacial score (nSPS) is 33.5. The summed E-state index contributed by atoms with van der Waals surface area (Å²) in [5.41, 5.74) is 3.57. The number of nitrogens with one attached hydrogen (secondary N) is 1. The summed E-state index contributed by atoms with van der Waals surface area (Å²) in [4.78, 5) is 0. The number of nitriles is 1. The number of hydrogen-bond acceptors (Lipinski definition) is 3. The molecule has 1 N–H and O–H groups in total. The highest BCUT2D eigenvalue weighted by Gasteiger charge is 2.26. The van der Waals surface area contributed by atoms with E-state index >= 15 is 0 Å². The van der Waals surface area contributed by atoms with E-state index in [0.29, 0.717) is 6.04 Å². The lowest BCUT2D eigenvalue weighted by atomic mass is 9.86. The van der Waals surface area contributed by atoms with E-state index in [1.807, 2.05) is 0 Å². The van der Waals surface area contributed by atoms with Gasteiger partial charge in [0.05, 0.1) is 12.0 Å². The summed E-state index contributed by atoms with van der Waals surface area (Å²) < 4.78 is 0. The highest BCUT2D eigenvalue weighted by Crippen LogP contribution is 2.24. The molecule has 0 spiro atoms. The molecule has 2 unspecified atom stereocenters. The lowest BCUT2D eigenvalue weighted by Gasteiger charge is -2.35. The molecule has 84 valence electrons. The summed E-state index contributed by atoms with van der Waals surface area (Å²) in [7, 11) is 0. The van der Waals surface area contributed by atoms with Crippen molar-refractivity contribution in [3.05, 3.63) is 0 Å². The fraction of sp³-hybridized carbons (Fsp3) is 0.917. The number of nitrogens with zero attached hydrogens (tertiary/aromatic N) is 2. The van der Waals surface area contributed by atoms with Crippen molar-refractivity contribution in [1.82, 2.24) is 10.4 Å². The molecule has 0 aromatic heterocycles. The topological polar surface area (TPSA) is 39.1 Å². The molecule has 0 amide bonds. The summed E-state index contributed by atoms with van der Waals surface area (Å²) >= 11 is 0. The summed E-state index contributed by atoms with van der Waals surface area (Å²) in [6, 6.07) is 2.87. The maximum atomic E-state index is 9.08. The van der Waals surface area contributed by atoms with Crippen LogP contribution in [0.4, 0.5) is 0 Å². The molecule has 15 heavy (non-hydrogen) atoms. The minimum Gasteiger partial charge on any atom is -0.251 e. The van der Waals surface area contributed by atoms with E-state index in [0.717, 1.165) is 19.5 Å². The maximum absolute atomic E-state index is 9.08. The van der Waals surface area contributed by atoms with Crippen LogP contribution in [0.25, 0.3) is 0 Å². The first-order chi connectivity index (χ1) is 7.40. The average molecular weight is 207 g/mol. The van der Waals surface area contributed by atoms with E-state index in [9.17, 15) is 0 Å². The first-order valence-corrected chi connectivity index (χ1v) is 6.31. The van der Waals surface area contributed by atoms with E-state index in [4.69, 9.17) is 5.26 Å². The molecule has 1 saturated carbocycles. The molecular weight excluding hydrogens is 186 g/mol. The third-order valence-corrected chi connectivity index (χ3v) is 3.64. The van der Waals surface area contributed by atoms with Gasteiger partial charge in [0.2, 0.25) is 0 Å². The molecule has 0 aromatic carbocycles. The largest absolute Gasteiger partial charge is 0.251 e. The summed E-state index contributed by atoms with van der Waals surface area (Å²) in [5.74, 6) is 0.237. The molecular formula is C12H21N3. The van der Waals surface area contributed by atoms with Gasteiger partial charge in [-0.1, -0.05) is 19.3 Å². The van der Waals surface area contributed by atoms with Gasteiger partial charge in [-0.05, 0) is 25.7 Å². The van der Waals surface area contributed by atoms with Gasteiger partial charge in [-0.15, -0.1) is 0 Å². The van der Waals surface area contributed by atoms with Crippen molar-refractivity contribution >= 4 is 0 Å². The van der Waals surface area contributed by atoms with Crippen LogP contribution < -0.4 is 5.43 Å². The van der Waals surface area contributed by atoms with Gasteiger partial charge in [-0.3, -0.25) is 5.43 Å². The van der Waals surface area contributed by atoms with Gasteiger partial charge in [0.15, 0.2) is 0 Å². The molecule has 2 rings (SSSR count). The number of hydrazine groups is 1. The molecule has 0 aromatic rings. The third kappa shape index (κ3) is 2.93. The van der Waals surface area contributed by atoms with Crippen LogP contribution in [0, 0.1) is 17.2 Å². The zero-order valence-electron chi connectivity index (χ0n) is 9.41. The van der Waals surface area contributed by atoms with Gasteiger partial charge in [0.25, 0.3) is 0 Å². The second-order valence-corrected chi connectivity index (χ2v) is 4.80. The van der Waals surface area contributed by atoms with E-state index in [1.54, 1.807) is 0 Å². The Hall–Kier alpha value is -0.590. The Bertz CT molecular complexity index is 228. The Morgan fingerprint density at radius 3 is 2.47 bits per heavy atom. The zero-order valence-corrected chi connectivity index (χ0v) is 9.41. The summed E-state index contributed by atoms with van der Waals surface area (Å²) in [5, 5.41) is 11.4. The Morgan fingerprint density at radius 1 is 1.00 bits per heavy atom. The van der Waals surface area contributed by atoms with Crippen LogP contribution in [0.5, 0.6) is 0 Å². The first kappa shape index (κ1) is 10.9. The van der Waals surface area contributed by atoms with E-state index in [-0.39, 0.29) is 5.92 Å². The molecule has 1 heterocycles. The molecule has 1 aliphatic carbocycles. The second-order valence-electron chi connectivity index (χ2n) is 4.80. The van der Waals surface area contributed by atoms with Crippen molar-refractivity contribution in [2.24, 2.45) is 5.92 Å². The van der Waals surface area contributed by atoms with E-state index < -0.39 is 0 Å². The lowest BCUT2D eigenvalue weighted by molar-refractivity contribution is 0.101. The number of piperidine rings is 1. The molecule has 0 radical (unpaired) electrons. The van der Waals surface area contributed by atoms with Gasteiger partial charge in [-0.25, -0.2) is 5.01 Å². The molecule has 0 bridgehead atoms. The van der Waals surface area contributed by atoms with Gasteiger partial charge in [-0.2, -0.15) is 5.26 Å². The van der Waals surface area contributed by atoms with Crippen molar-refractivity contribution < 1.29 is 0 Å². The van der Waals surface area contributed by atoms with Gasteiger partial charge in [0.1, 0.15) is 0 Å². The molecule has 2 atom stereocenters. The average Bonchev–Trinajstić information content (AvgIpc) is 2.31. The quantitative estimate of drug-likeness (QED) is 0.753. The molecule has 1 aliphatic heterocycles. The van der Waals surface area contributed by atoms with Crippen molar-refractivity contribution in [2.45, 2.75) is 51.0 Å². The van der Waals surface area contributed by atoms with Crippen LogP contribution >= 0.6 is 0 Å². The van der Waals surface area contributed by atoms with Crippen molar-refractivity contribution in [3.8, 4) is 6.07 Å². The van der Waals surface area contributed by atoms with Crippen LogP contribution in [0.15, 0.2) is 0 Å². The van der Waals surface area contributed by atoms with Gasteiger partial charge in [0, 0.05) is 19.1 Å². The Morgan fingerprint density at radius 2 is 1.73 bits per heavy atom. The van der Waals surface area contributed by atoms with Crippen LogP contribution in [-0.4, -0.2) is 24.1 Å². The Labute approximate surface area is 92.4 Å². The smallest absolute Gasteiger partial charge is 0.0672 e. The summed E-state index contributed by atoms with van der Waals surface area (Å²) in [6.45, 7) is 2.32. The van der Waals surface area contributed by atoms with Crippen molar-refractivity contribution in [1.29, 1.82) is 5.26 Å². The third-order valence-electron chi connectivity index (χ3n) is 3.64. The van der Waals surface area contributed by atoms with E-state index in [2.05, 4.69) is 16.5 Å². The molecule has 3 nitrogen and oxygen atoms in total. The highest BCUT2D eigenvalue weighted by atomic mass is 15.5. The minimum atomic E-state index is 0.237. The number of rotatable bonds is 2. The predicted molar refractivity (Wildman–Crippen MR) is 59.9 cm³/mol. The highest BCUT2D eigenvalue weighted by molar-refractivity contribution is 4.94. The lowest BCUT2D eigenvalue weighted by Crippen LogP contribution is -2.50. The van der Waals surface area contributed by atoms with Crippen molar-refractivity contribution in [3.63, 3.8) is 0 Å². The number of hydrogen-bond donors (Lipinski definition) is 1. The van der Waals surface area contributed by atoms with E-state index in [1.165, 1.54) is 38.5 Å². The Balaban J connectivity index is 1.83. The first-order valence-electron chi connectivity index (χ1n) is 6.31. The molecule has 2 fully saturated rings. The zero-order chi connectivity index (χ0) is 10.5. The molecule has 3 heteroatoms.